The Morgan fingerprint density at radius 3 is 2.92 bits per heavy atom. The van der Waals surface area contributed by atoms with E-state index in [1.807, 2.05) is 18.5 Å². The van der Waals surface area contributed by atoms with Gasteiger partial charge in [0.2, 0.25) is 0 Å². The van der Waals surface area contributed by atoms with E-state index < -0.39 is 0 Å². The Morgan fingerprint density at radius 2 is 2.46 bits per heavy atom. The van der Waals surface area contributed by atoms with Crippen molar-refractivity contribution in [2.24, 2.45) is 7.05 Å². The normalized spacial score (nSPS) is 10.4. The van der Waals surface area contributed by atoms with Gasteiger partial charge in [0, 0.05) is 13.6 Å². The van der Waals surface area contributed by atoms with Crippen LogP contribution >= 0.6 is 11.6 Å². The van der Waals surface area contributed by atoms with E-state index in [2.05, 4.69) is 16.9 Å². The molecular weight excluding hydrogens is 186 g/mol. The van der Waals surface area contributed by atoms with E-state index in [0.29, 0.717) is 5.15 Å². The highest BCUT2D eigenvalue weighted by molar-refractivity contribution is 6.29. The SMILES string of the molecule is C=C(C)CNCc1ncc(Cl)n1C. The van der Waals surface area contributed by atoms with Crippen molar-refractivity contribution in [3.8, 4) is 0 Å². The van der Waals surface area contributed by atoms with Crippen LogP contribution in [0.15, 0.2) is 18.3 Å². The molecule has 0 saturated heterocycles. The second kappa shape index (κ2) is 4.44. The van der Waals surface area contributed by atoms with Gasteiger partial charge in [0.15, 0.2) is 0 Å². The minimum atomic E-state index is 0.659. The van der Waals surface area contributed by atoms with Crippen LogP contribution < -0.4 is 5.32 Å². The predicted molar refractivity (Wildman–Crippen MR) is 54.7 cm³/mol. The summed E-state index contributed by atoms with van der Waals surface area (Å²) in [5, 5.41) is 3.87. The first kappa shape index (κ1) is 10.3. The van der Waals surface area contributed by atoms with E-state index in [4.69, 9.17) is 11.6 Å². The third-order valence-corrected chi connectivity index (χ3v) is 2.09. The van der Waals surface area contributed by atoms with E-state index >= 15 is 0 Å². The third-order valence-electron chi connectivity index (χ3n) is 1.74. The Kier molecular flexibility index (Phi) is 3.51. The Balaban J connectivity index is 2.45. The van der Waals surface area contributed by atoms with Crippen LogP contribution in [0.5, 0.6) is 0 Å². The van der Waals surface area contributed by atoms with Crippen molar-refractivity contribution in [1.82, 2.24) is 14.9 Å². The van der Waals surface area contributed by atoms with Gasteiger partial charge < -0.3 is 9.88 Å². The second-order valence-electron chi connectivity index (χ2n) is 3.12. The number of imidazole rings is 1. The molecule has 0 unspecified atom stereocenters. The molecule has 0 atom stereocenters. The summed E-state index contributed by atoms with van der Waals surface area (Å²) in [6, 6.07) is 0. The zero-order valence-corrected chi connectivity index (χ0v) is 8.73. The van der Waals surface area contributed by atoms with E-state index in [-0.39, 0.29) is 0 Å². The number of hydrogen-bond donors (Lipinski definition) is 1. The fraction of sp³-hybridized carbons (Fsp3) is 0.444. The number of halogens is 1. The molecular formula is C9H14ClN3. The van der Waals surface area contributed by atoms with Crippen LogP contribution in [0.2, 0.25) is 5.15 Å². The Labute approximate surface area is 83.4 Å². The minimum absolute atomic E-state index is 0.659. The second-order valence-corrected chi connectivity index (χ2v) is 3.50. The van der Waals surface area contributed by atoms with Crippen molar-refractivity contribution in [3.05, 3.63) is 29.3 Å². The van der Waals surface area contributed by atoms with E-state index in [1.54, 1.807) is 6.20 Å². The summed E-state index contributed by atoms with van der Waals surface area (Å²) in [7, 11) is 1.90. The van der Waals surface area contributed by atoms with Crippen molar-refractivity contribution in [3.63, 3.8) is 0 Å². The molecule has 1 heterocycles. The number of hydrogen-bond acceptors (Lipinski definition) is 2. The summed E-state index contributed by atoms with van der Waals surface area (Å²) >= 11 is 5.83. The van der Waals surface area contributed by atoms with Crippen molar-refractivity contribution < 1.29 is 0 Å². The fourth-order valence-electron chi connectivity index (χ4n) is 0.976. The van der Waals surface area contributed by atoms with E-state index in [1.165, 1.54) is 0 Å². The molecule has 0 saturated carbocycles. The average molecular weight is 200 g/mol. The molecule has 0 fully saturated rings. The molecule has 1 aromatic rings. The topological polar surface area (TPSA) is 29.9 Å². The Bertz CT molecular complexity index is 304. The first-order valence-corrected chi connectivity index (χ1v) is 4.50. The molecule has 0 aliphatic rings. The van der Waals surface area contributed by atoms with Gasteiger partial charge in [-0.05, 0) is 6.92 Å². The van der Waals surface area contributed by atoms with Gasteiger partial charge in [-0.2, -0.15) is 0 Å². The summed E-state index contributed by atoms with van der Waals surface area (Å²) in [6.45, 7) is 7.31. The lowest BCUT2D eigenvalue weighted by Crippen LogP contribution is -2.17. The van der Waals surface area contributed by atoms with Gasteiger partial charge in [-0.25, -0.2) is 4.98 Å². The maximum absolute atomic E-state index is 5.83. The Morgan fingerprint density at radius 1 is 1.77 bits per heavy atom. The van der Waals surface area contributed by atoms with Crippen LogP contribution in [-0.4, -0.2) is 16.1 Å². The zero-order chi connectivity index (χ0) is 9.84. The van der Waals surface area contributed by atoms with Gasteiger partial charge in [-0.3, -0.25) is 0 Å². The van der Waals surface area contributed by atoms with Gasteiger partial charge in [-0.15, -0.1) is 0 Å². The maximum Gasteiger partial charge on any atom is 0.128 e. The Hall–Kier alpha value is -0.800. The summed E-state index contributed by atoms with van der Waals surface area (Å²) in [4.78, 5) is 4.15. The van der Waals surface area contributed by atoms with Crippen LogP contribution in [0.1, 0.15) is 12.7 Å². The number of rotatable bonds is 4. The molecule has 72 valence electrons. The molecule has 0 aromatic carbocycles. The highest BCUT2D eigenvalue weighted by Crippen LogP contribution is 2.08. The smallest absolute Gasteiger partial charge is 0.128 e. The van der Waals surface area contributed by atoms with Gasteiger partial charge >= 0.3 is 0 Å². The van der Waals surface area contributed by atoms with Crippen LogP contribution in [-0.2, 0) is 13.6 Å². The molecule has 1 aromatic heterocycles. The van der Waals surface area contributed by atoms with Gasteiger partial charge in [0.1, 0.15) is 11.0 Å². The van der Waals surface area contributed by atoms with E-state index in [0.717, 1.165) is 24.5 Å². The number of nitrogens with one attached hydrogen (secondary N) is 1. The average Bonchev–Trinajstić information content (AvgIpc) is 2.35. The fourth-order valence-corrected chi connectivity index (χ4v) is 1.12. The van der Waals surface area contributed by atoms with Crippen LogP contribution in [0.25, 0.3) is 0 Å². The van der Waals surface area contributed by atoms with E-state index in [9.17, 15) is 0 Å². The zero-order valence-electron chi connectivity index (χ0n) is 7.97. The monoisotopic (exact) mass is 199 g/mol. The highest BCUT2D eigenvalue weighted by Gasteiger charge is 2.02. The lowest BCUT2D eigenvalue weighted by molar-refractivity contribution is 0.670. The van der Waals surface area contributed by atoms with Crippen LogP contribution in [0.4, 0.5) is 0 Å². The predicted octanol–water partition coefficient (Wildman–Crippen LogP) is 1.74. The number of nitrogens with zero attached hydrogens (tertiary/aromatic N) is 2. The first-order valence-electron chi connectivity index (χ1n) is 4.12. The van der Waals surface area contributed by atoms with Crippen molar-refractivity contribution in [2.75, 3.05) is 6.54 Å². The van der Waals surface area contributed by atoms with Gasteiger partial charge in [0.25, 0.3) is 0 Å². The molecule has 1 N–H and O–H groups in total. The molecule has 0 bridgehead atoms. The van der Waals surface area contributed by atoms with Gasteiger partial charge in [-0.1, -0.05) is 23.8 Å². The van der Waals surface area contributed by atoms with Crippen molar-refractivity contribution in [1.29, 1.82) is 0 Å². The molecule has 0 spiro atoms. The van der Waals surface area contributed by atoms with Crippen LogP contribution in [0, 0.1) is 0 Å². The summed E-state index contributed by atoms with van der Waals surface area (Å²) in [5.74, 6) is 0.936. The quantitative estimate of drug-likeness (QED) is 0.749. The molecule has 0 amide bonds. The van der Waals surface area contributed by atoms with Crippen LogP contribution in [0.3, 0.4) is 0 Å². The molecule has 4 heteroatoms. The summed E-state index contributed by atoms with van der Waals surface area (Å²) in [6.07, 6.45) is 1.65. The molecule has 3 nitrogen and oxygen atoms in total. The molecule has 0 aliphatic heterocycles. The number of aromatic nitrogens is 2. The summed E-state index contributed by atoms with van der Waals surface area (Å²) in [5.41, 5.74) is 1.11. The van der Waals surface area contributed by atoms with Gasteiger partial charge in [0.05, 0.1) is 12.7 Å². The standard InChI is InChI=1S/C9H14ClN3/c1-7(2)4-11-6-9-12-5-8(10)13(9)3/h5,11H,1,4,6H2,2-3H3. The molecule has 13 heavy (non-hydrogen) atoms. The minimum Gasteiger partial charge on any atom is -0.321 e. The first-order chi connectivity index (χ1) is 6.11. The lowest BCUT2D eigenvalue weighted by atomic mass is 10.3. The third kappa shape index (κ3) is 2.86. The largest absolute Gasteiger partial charge is 0.321 e. The summed E-state index contributed by atoms with van der Waals surface area (Å²) < 4.78 is 1.85. The van der Waals surface area contributed by atoms with Crippen molar-refractivity contribution >= 4 is 11.6 Å². The maximum atomic E-state index is 5.83. The molecule has 0 aliphatic carbocycles. The van der Waals surface area contributed by atoms with Crippen molar-refractivity contribution in [2.45, 2.75) is 13.5 Å². The molecule has 0 radical (unpaired) electrons. The highest BCUT2D eigenvalue weighted by atomic mass is 35.5. The lowest BCUT2D eigenvalue weighted by Gasteiger charge is -2.04. The molecule has 1 rings (SSSR count).